The van der Waals surface area contributed by atoms with Crippen LogP contribution in [0.25, 0.3) is 0 Å². The summed E-state index contributed by atoms with van der Waals surface area (Å²) in [6.07, 6.45) is 0.688. The molecular weight excluding hydrogens is 568 g/mol. The van der Waals surface area contributed by atoms with Crippen molar-refractivity contribution in [2.75, 3.05) is 13.1 Å². The number of carbonyl (C=O) groups is 4. The number of thiazole rings is 1. The standard InChI is InChI=1S/C31H40N6O5S/c1-17(2)12-25(39)37-14-22(13-21-10-8-7-9-11-21)33-28(40)23-16-43-31(34-23)19(5)32-29(41)27-20(6)42-30(36-27)26(18(3)4)35-24(38)15-37/h7-11,16-19,22,26H,12-15H2,1-6H3,(H,32,41)(H,33,40)(H,35,38)/t19-,22-,26+/m1/s1. The zero-order valence-electron chi connectivity index (χ0n) is 25.5. The minimum atomic E-state index is -0.632. The van der Waals surface area contributed by atoms with Crippen molar-refractivity contribution in [1.82, 2.24) is 30.8 Å². The van der Waals surface area contributed by atoms with E-state index in [1.54, 1.807) is 19.2 Å². The van der Waals surface area contributed by atoms with Crippen molar-refractivity contribution in [1.29, 1.82) is 0 Å². The minimum Gasteiger partial charge on any atom is -0.443 e. The zero-order chi connectivity index (χ0) is 31.3. The molecular formula is C31H40N6O5S. The molecule has 0 aliphatic carbocycles. The van der Waals surface area contributed by atoms with Crippen LogP contribution in [-0.2, 0) is 16.0 Å². The first-order valence-electron chi connectivity index (χ1n) is 14.6. The number of hydrogen-bond donors (Lipinski definition) is 3. The summed E-state index contributed by atoms with van der Waals surface area (Å²) < 4.78 is 5.88. The third-order valence-corrected chi connectivity index (χ3v) is 8.15. The largest absolute Gasteiger partial charge is 0.443 e. The van der Waals surface area contributed by atoms with Crippen molar-refractivity contribution in [2.45, 2.75) is 72.5 Å². The van der Waals surface area contributed by atoms with Crippen molar-refractivity contribution in [2.24, 2.45) is 11.8 Å². The Morgan fingerprint density at radius 2 is 1.77 bits per heavy atom. The summed E-state index contributed by atoms with van der Waals surface area (Å²) in [5.41, 5.74) is 1.29. The van der Waals surface area contributed by atoms with Crippen LogP contribution < -0.4 is 16.0 Å². The SMILES string of the molecule is Cc1oc2nc1C(=O)N[C@H](C)c1nc(cs1)C(=O)N[C@H](Cc1ccccc1)CN(C(=O)CC(C)C)CC(=O)N[C@H]2C(C)C. The average Bonchev–Trinajstić information content (AvgIpc) is 3.58. The van der Waals surface area contributed by atoms with Crippen LogP contribution in [0.15, 0.2) is 40.1 Å². The molecule has 3 aromatic rings. The molecule has 43 heavy (non-hydrogen) atoms. The van der Waals surface area contributed by atoms with Gasteiger partial charge in [-0.25, -0.2) is 9.97 Å². The van der Waals surface area contributed by atoms with Gasteiger partial charge < -0.3 is 25.3 Å². The van der Waals surface area contributed by atoms with Gasteiger partial charge in [-0.3, -0.25) is 19.2 Å². The van der Waals surface area contributed by atoms with Crippen LogP contribution in [0.3, 0.4) is 0 Å². The van der Waals surface area contributed by atoms with Crippen LogP contribution >= 0.6 is 11.3 Å². The summed E-state index contributed by atoms with van der Waals surface area (Å²) in [7, 11) is 0. The second kappa shape index (κ2) is 13.9. The fraction of sp³-hybridized carbons (Fsp3) is 0.484. The van der Waals surface area contributed by atoms with Gasteiger partial charge in [0, 0.05) is 18.3 Å². The highest BCUT2D eigenvalue weighted by Gasteiger charge is 2.30. The smallest absolute Gasteiger partial charge is 0.274 e. The summed E-state index contributed by atoms with van der Waals surface area (Å²) in [6, 6.07) is 8.02. The van der Waals surface area contributed by atoms with E-state index >= 15 is 0 Å². The first kappa shape index (κ1) is 31.9. The van der Waals surface area contributed by atoms with E-state index in [-0.39, 0.29) is 54.5 Å². The average molecular weight is 609 g/mol. The van der Waals surface area contributed by atoms with Crippen LogP contribution in [-0.4, -0.2) is 57.6 Å². The van der Waals surface area contributed by atoms with E-state index in [0.29, 0.717) is 17.2 Å². The van der Waals surface area contributed by atoms with E-state index in [1.807, 2.05) is 58.0 Å². The molecule has 0 spiro atoms. The van der Waals surface area contributed by atoms with Crippen LogP contribution in [0.4, 0.5) is 0 Å². The van der Waals surface area contributed by atoms with Gasteiger partial charge in [0.1, 0.15) is 22.5 Å². The summed E-state index contributed by atoms with van der Waals surface area (Å²) in [5, 5.41) is 11.1. The highest BCUT2D eigenvalue weighted by atomic mass is 32.1. The van der Waals surface area contributed by atoms with Crippen LogP contribution in [0.1, 0.15) is 96.3 Å². The number of amides is 4. The highest BCUT2D eigenvalue weighted by molar-refractivity contribution is 7.09. The Balaban J connectivity index is 1.73. The molecule has 11 nitrogen and oxygen atoms in total. The van der Waals surface area contributed by atoms with Gasteiger partial charge >= 0.3 is 0 Å². The maximum absolute atomic E-state index is 13.5. The van der Waals surface area contributed by atoms with Crippen LogP contribution in [0.2, 0.25) is 0 Å². The molecule has 1 aliphatic rings. The molecule has 4 amide bonds. The van der Waals surface area contributed by atoms with E-state index < -0.39 is 35.8 Å². The predicted molar refractivity (Wildman–Crippen MR) is 162 cm³/mol. The molecule has 1 aliphatic heterocycles. The number of aromatic nitrogens is 2. The van der Waals surface area contributed by atoms with Gasteiger partial charge in [-0.2, -0.15) is 0 Å². The molecule has 0 saturated heterocycles. The highest BCUT2D eigenvalue weighted by Crippen LogP contribution is 2.25. The Morgan fingerprint density at radius 3 is 2.44 bits per heavy atom. The normalized spacial score (nSPS) is 20.3. The lowest BCUT2D eigenvalue weighted by Gasteiger charge is -2.29. The molecule has 12 heteroatoms. The Labute approximate surface area is 255 Å². The Hall–Kier alpha value is -4.06. The van der Waals surface area contributed by atoms with E-state index in [0.717, 1.165) is 5.56 Å². The van der Waals surface area contributed by atoms with Crippen molar-refractivity contribution in [3.63, 3.8) is 0 Å². The zero-order valence-corrected chi connectivity index (χ0v) is 26.3. The van der Waals surface area contributed by atoms with E-state index in [9.17, 15) is 19.2 Å². The van der Waals surface area contributed by atoms with Crippen molar-refractivity contribution in [3.05, 3.63) is 69.3 Å². The summed E-state index contributed by atoms with van der Waals surface area (Å²) >= 11 is 1.26. The van der Waals surface area contributed by atoms with Gasteiger partial charge in [0.2, 0.25) is 17.7 Å². The molecule has 0 radical (unpaired) electrons. The number of rotatable bonds is 5. The van der Waals surface area contributed by atoms with Crippen molar-refractivity contribution >= 4 is 35.0 Å². The molecule has 3 atom stereocenters. The maximum Gasteiger partial charge on any atom is 0.274 e. The molecule has 0 fully saturated rings. The number of nitrogens with zero attached hydrogens (tertiary/aromatic N) is 3. The Bertz CT molecular complexity index is 1450. The maximum atomic E-state index is 13.5. The molecule has 3 heterocycles. The number of benzene rings is 1. The summed E-state index contributed by atoms with van der Waals surface area (Å²) in [6.45, 7) is 11.0. The number of hydrogen-bond acceptors (Lipinski definition) is 8. The van der Waals surface area contributed by atoms with Gasteiger partial charge in [-0.15, -0.1) is 11.3 Å². The molecule has 4 rings (SSSR count). The lowest BCUT2D eigenvalue weighted by Crippen LogP contribution is -2.50. The molecule has 2 aromatic heterocycles. The van der Waals surface area contributed by atoms with Crippen molar-refractivity contribution in [3.8, 4) is 0 Å². The summed E-state index contributed by atoms with van der Waals surface area (Å²) in [5.74, 6) is -0.972. The lowest BCUT2D eigenvalue weighted by molar-refractivity contribution is -0.137. The van der Waals surface area contributed by atoms with Gasteiger partial charge in [-0.1, -0.05) is 58.0 Å². The van der Waals surface area contributed by atoms with Crippen molar-refractivity contribution < 1.29 is 23.6 Å². The fourth-order valence-corrected chi connectivity index (χ4v) is 5.71. The predicted octanol–water partition coefficient (Wildman–Crippen LogP) is 3.97. The monoisotopic (exact) mass is 608 g/mol. The first-order valence-corrected chi connectivity index (χ1v) is 15.4. The van der Waals surface area contributed by atoms with Crippen LogP contribution in [0, 0.1) is 18.8 Å². The second-order valence-electron chi connectivity index (χ2n) is 11.7. The van der Waals surface area contributed by atoms with Gasteiger partial charge in [-0.05, 0) is 37.7 Å². The minimum absolute atomic E-state index is 0.0736. The second-order valence-corrected chi connectivity index (χ2v) is 12.6. The number of nitrogens with one attached hydrogen (secondary N) is 3. The lowest BCUT2D eigenvalue weighted by atomic mass is 10.0. The van der Waals surface area contributed by atoms with E-state index in [1.165, 1.54) is 16.2 Å². The fourth-order valence-electron chi connectivity index (χ4n) is 4.90. The molecule has 230 valence electrons. The summed E-state index contributed by atoms with van der Waals surface area (Å²) in [4.78, 5) is 63.9. The van der Waals surface area contributed by atoms with Gasteiger partial charge in [0.15, 0.2) is 5.69 Å². The number of oxazole rings is 1. The topological polar surface area (TPSA) is 147 Å². The number of fused-ring (bicyclic) bond motifs is 4. The number of aryl methyl sites for hydroxylation is 1. The quantitative estimate of drug-likeness (QED) is 0.397. The molecule has 0 saturated carbocycles. The molecule has 1 aromatic carbocycles. The Morgan fingerprint density at radius 1 is 1.05 bits per heavy atom. The molecule has 0 unspecified atom stereocenters. The number of carbonyl (C=O) groups excluding carboxylic acids is 4. The van der Waals surface area contributed by atoms with Crippen LogP contribution in [0.5, 0.6) is 0 Å². The third-order valence-electron chi connectivity index (χ3n) is 7.12. The van der Waals surface area contributed by atoms with Gasteiger partial charge in [0.25, 0.3) is 11.8 Å². The van der Waals surface area contributed by atoms with E-state index in [4.69, 9.17) is 4.42 Å². The molecule has 4 bridgehead atoms. The van der Waals surface area contributed by atoms with Gasteiger partial charge in [0.05, 0.1) is 18.6 Å². The Kier molecular flexibility index (Phi) is 10.3. The molecule has 3 N–H and O–H groups in total. The van der Waals surface area contributed by atoms with E-state index in [2.05, 4.69) is 25.9 Å². The first-order chi connectivity index (χ1) is 20.4. The third kappa shape index (κ3) is 8.28.